The number of methoxy groups -OCH3 is 2. The van der Waals surface area contributed by atoms with E-state index < -0.39 is 24.3 Å². The fourth-order valence-corrected chi connectivity index (χ4v) is 9.88. The molecule has 296 valence electrons. The Morgan fingerprint density at radius 2 is 1.09 bits per heavy atom. The van der Waals surface area contributed by atoms with Crippen molar-refractivity contribution in [3.63, 3.8) is 0 Å². The number of imidazole rings is 2. The lowest BCUT2D eigenvalue weighted by Crippen LogP contribution is -2.51. The quantitative estimate of drug-likeness (QED) is 0.113. The summed E-state index contributed by atoms with van der Waals surface area (Å²) in [4.78, 5) is 75.8. The predicted octanol–water partition coefficient (Wildman–Crippen LogP) is 7.17. The van der Waals surface area contributed by atoms with Crippen LogP contribution in [-0.2, 0) is 19.1 Å². The summed E-state index contributed by atoms with van der Waals surface area (Å²) in [5.74, 6) is 0.973. The number of aromatic amines is 2. The monoisotopic (exact) mass is 800 g/mol. The molecule has 4 atom stereocenters. The molecule has 16 heteroatoms. The van der Waals surface area contributed by atoms with Crippen molar-refractivity contribution in [3.05, 3.63) is 60.4 Å². The van der Waals surface area contributed by atoms with E-state index in [1.807, 2.05) is 49.9 Å². The highest BCUT2D eigenvalue weighted by Gasteiger charge is 2.39. The third kappa shape index (κ3) is 7.99. The first-order valence-corrected chi connectivity index (χ1v) is 20.6. The fraction of sp³-hybridized carbons (Fsp3) is 0.450. The molecule has 0 bridgehead atoms. The molecule has 4 amide bonds. The molecule has 2 saturated heterocycles. The number of H-pyrrole nitrogens is 2. The summed E-state index contributed by atoms with van der Waals surface area (Å²) in [5.41, 5.74) is 3.76. The summed E-state index contributed by atoms with van der Waals surface area (Å²) in [5, 5.41) is 5.41. The van der Waals surface area contributed by atoms with Gasteiger partial charge in [0.2, 0.25) is 11.8 Å². The average molecular weight is 801 g/mol. The maximum Gasteiger partial charge on any atom is 0.407 e. The van der Waals surface area contributed by atoms with Gasteiger partial charge >= 0.3 is 12.2 Å². The number of hydrogen-bond acceptors (Lipinski definition) is 10. The van der Waals surface area contributed by atoms with Crippen LogP contribution in [0.15, 0.2) is 68.4 Å². The topological polar surface area (TPSA) is 175 Å². The number of fused-ring (bicyclic) bond motifs is 2. The highest BCUT2D eigenvalue weighted by Crippen LogP contribution is 2.50. The van der Waals surface area contributed by atoms with E-state index in [9.17, 15) is 19.2 Å². The Labute approximate surface area is 334 Å². The van der Waals surface area contributed by atoms with E-state index in [0.717, 1.165) is 79.4 Å². The summed E-state index contributed by atoms with van der Waals surface area (Å²) < 4.78 is 9.54. The zero-order valence-corrected chi connectivity index (χ0v) is 34.0. The number of hydrogen-bond donors (Lipinski definition) is 4. The van der Waals surface area contributed by atoms with Gasteiger partial charge in [-0.25, -0.2) is 19.6 Å². The molecule has 7 rings (SSSR count). The zero-order valence-electron chi connectivity index (χ0n) is 32.4. The largest absolute Gasteiger partial charge is 0.453 e. The summed E-state index contributed by atoms with van der Waals surface area (Å²) in [7, 11) is 2.59. The summed E-state index contributed by atoms with van der Waals surface area (Å²) in [6, 6.07) is 11.0. The standard InChI is InChI=1S/C40H48N8O6S2/c1-21(2)33(45-39(51)53-5)37(49)47-15-7-9-27(47)35-41-19-25(43-35)23-11-13-29-31(17-23)55-30-14-12-24(18-32(30)56-29)26-20-42-36(44-26)28-10-8-16-48(28)38(50)34(22(3)4)46-40(52)54-6/h11-14,17-22,27-28,33-34H,7-10,15-16H2,1-6H3,(H,41,43)(H,42,44)(H,45,51)(H,46,52)/t27-,28-,33-,34-/m0/s1. The summed E-state index contributed by atoms with van der Waals surface area (Å²) in [6.07, 6.45) is 5.67. The number of amides is 4. The van der Waals surface area contributed by atoms with Crippen molar-refractivity contribution >= 4 is 47.5 Å². The number of nitrogens with one attached hydrogen (secondary N) is 4. The van der Waals surface area contributed by atoms with Crippen molar-refractivity contribution in [1.29, 1.82) is 0 Å². The molecule has 2 fully saturated rings. The van der Waals surface area contributed by atoms with Crippen molar-refractivity contribution in [1.82, 2.24) is 40.4 Å². The highest BCUT2D eigenvalue weighted by molar-refractivity contribution is 8.05. The first kappa shape index (κ1) is 39.3. The lowest BCUT2D eigenvalue weighted by Gasteiger charge is -2.30. The van der Waals surface area contributed by atoms with Crippen LogP contribution in [0.4, 0.5) is 9.59 Å². The van der Waals surface area contributed by atoms with Crippen LogP contribution in [0.2, 0.25) is 0 Å². The van der Waals surface area contributed by atoms with Crippen molar-refractivity contribution in [2.45, 2.75) is 97.1 Å². The van der Waals surface area contributed by atoms with Gasteiger partial charge in [0, 0.05) is 43.8 Å². The molecule has 3 aliphatic rings. The molecule has 3 aliphatic heterocycles. The molecule has 2 aromatic carbocycles. The molecule has 0 radical (unpaired) electrons. The molecule has 56 heavy (non-hydrogen) atoms. The van der Waals surface area contributed by atoms with Crippen LogP contribution in [0.25, 0.3) is 22.5 Å². The van der Waals surface area contributed by atoms with Crippen LogP contribution in [-0.4, -0.2) is 93.1 Å². The lowest BCUT2D eigenvalue weighted by molar-refractivity contribution is -0.136. The number of likely N-dealkylation sites (tertiary alicyclic amines) is 2. The number of benzene rings is 2. The maximum absolute atomic E-state index is 13.6. The molecule has 5 heterocycles. The number of ether oxygens (including phenoxy) is 2. The number of rotatable bonds is 10. The van der Waals surface area contributed by atoms with E-state index in [-0.39, 0.29) is 35.7 Å². The third-order valence-electron chi connectivity index (χ3n) is 10.6. The van der Waals surface area contributed by atoms with E-state index in [1.165, 1.54) is 14.2 Å². The molecule has 4 N–H and O–H groups in total. The van der Waals surface area contributed by atoms with Crippen molar-refractivity contribution in [2.75, 3.05) is 27.3 Å². The van der Waals surface area contributed by atoms with Crippen molar-refractivity contribution < 1.29 is 28.7 Å². The van der Waals surface area contributed by atoms with Gasteiger partial charge in [-0.3, -0.25) is 9.59 Å². The van der Waals surface area contributed by atoms with Crippen LogP contribution >= 0.6 is 23.5 Å². The molecule has 14 nitrogen and oxygen atoms in total. The molecule has 0 spiro atoms. The summed E-state index contributed by atoms with van der Waals surface area (Å²) >= 11 is 3.44. The van der Waals surface area contributed by atoms with Gasteiger partial charge in [0.25, 0.3) is 0 Å². The van der Waals surface area contributed by atoms with Crippen molar-refractivity contribution in [3.8, 4) is 22.5 Å². The average Bonchev–Trinajstić information content (AvgIpc) is 4.03. The van der Waals surface area contributed by atoms with E-state index in [1.54, 1.807) is 23.5 Å². The number of aromatic nitrogens is 4. The zero-order chi connectivity index (χ0) is 39.7. The van der Waals surface area contributed by atoms with Gasteiger partial charge in [-0.2, -0.15) is 0 Å². The third-order valence-corrected chi connectivity index (χ3v) is 13.2. The van der Waals surface area contributed by atoms with E-state index in [4.69, 9.17) is 19.4 Å². The van der Waals surface area contributed by atoms with Gasteiger partial charge < -0.3 is 39.9 Å². The van der Waals surface area contributed by atoms with Gasteiger partial charge in [0.05, 0.1) is 50.1 Å². The molecular weight excluding hydrogens is 753 g/mol. The first-order chi connectivity index (χ1) is 26.9. The number of nitrogens with zero attached hydrogens (tertiary/aromatic N) is 4. The highest BCUT2D eigenvalue weighted by atomic mass is 32.2. The molecular formula is C40H48N8O6S2. The second kappa shape index (κ2) is 16.6. The van der Waals surface area contributed by atoms with Crippen LogP contribution in [0.1, 0.15) is 77.1 Å². The second-order valence-electron chi connectivity index (χ2n) is 15.0. The second-order valence-corrected chi connectivity index (χ2v) is 17.2. The summed E-state index contributed by atoms with van der Waals surface area (Å²) in [6.45, 7) is 8.81. The normalized spacial score (nSPS) is 18.7. The van der Waals surface area contributed by atoms with Crippen molar-refractivity contribution in [2.24, 2.45) is 11.8 Å². The Balaban J connectivity index is 1.03. The molecule has 0 aliphatic carbocycles. The van der Waals surface area contributed by atoms with E-state index in [2.05, 4.69) is 57.0 Å². The molecule has 4 aromatic rings. The van der Waals surface area contributed by atoms with Crippen LogP contribution in [0.3, 0.4) is 0 Å². The van der Waals surface area contributed by atoms with Gasteiger partial charge in [-0.05, 0) is 61.8 Å². The first-order valence-electron chi connectivity index (χ1n) is 19.0. The van der Waals surface area contributed by atoms with Gasteiger partial charge in [-0.15, -0.1) is 0 Å². The SMILES string of the molecule is COC(=O)N[C@H](C(=O)N1CCC[C@H]1c1ncc(-c2ccc3c(c2)Sc2ccc(-c4cnc([C@@H]5CCCN5C(=O)[C@@H](NC(=O)OC)C(C)C)[nH]4)cc2S3)[nH]1)C(C)C. The fourth-order valence-electron chi connectivity index (χ4n) is 7.61. The maximum atomic E-state index is 13.6. The number of carbonyl (C=O) groups is 4. The van der Waals surface area contributed by atoms with E-state index >= 15 is 0 Å². The van der Waals surface area contributed by atoms with Crippen LogP contribution in [0, 0.1) is 11.8 Å². The minimum absolute atomic E-state index is 0.106. The Morgan fingerprint density at radius 1 is 0.679 bits per heavy atom. The van der Waals surface area contributed by atoms with Crippen LogP contribution in [0.5, 0.6) is 0 Å². The lowest BCUT2D eigenvalue weighted by atomic mass is 10.0. The Kier molecular flexibility index (Phi) is 11.7. The smallest absolute Gasteiger partial charge is 0.407 e. The molecule has 0 unspecified atom stereocenters. The Morgan fingerprint density at radius 3 is 1.46 bits per heavy atom. The minimum Gasteiger partial charge on any atom is -0.453 e. The van der Waals surface area contributed by atoms with Gasteiger partial charge in [0.1, 0.15) is 23.7 Å². The van der Waals surface area contributed by atoms with E-state index in [0.29, 0.717) is 13.1 Å². The predicted molar refractivity (Wildman–Crippen MR) is 212 cm³/mol. The number of alkyl carbamates (subject to hydrolysis) is 2. The Hall–Kier alpha value is -4.96. The Bertz CT molecular complexity index is 1970. The molecule has 0 saturated carbocycles. The van der Waals surface area contributed by atoms with Crippen LogP contribution < -0.4 is 10.6 Å². The minimum atomic E-state index is -0.689. The van der Waals surface area contributed by atoms with Gasteiger partial charge in [-0.1, -0.05) is 63.4 Å². The number of carbonyl (C=O) groups excluding carboxylic acids is 4. The van der Waals surface area contributed by atoms with Gasteiger partial charge in [0.15, 0.2) is 0 Å². The molecule has 2 aromatic heterocycles.